The zero-order valence-corrected chi connectivity index (χ0v) is 15.2. The highest BCUT2D eigenvalue weighted by molar-refractivity contribution is 7.89. The number of piperazine rings is 1. The van der Waals surface area contributed by atoms with Gasteiger partial charge in [-0.2, -0.15) is 4.31 Å². The number of hydrogen-bond acceptors (Lipinski definition) is 5. The van der Waals surface area contributed by atoms with Crippen LogP contribution in [0.1, 0.15) is 11.1 Å². The summed E-state index contributed by atoms with van der Waals surface area (Å²) in [5, 5.41) is 0.331. The molecule has 2 heterocycles. The van der Waals surface area contributed by atoms with Crippen LogP contribution in [0.5, 0.6) is 0 Å². The van der Waals surface area contributed by atoms with Crippen LogP contribution in [-0.2, 0) is 10.0 Å². The molecule has 1 aliphatic heterocycles. The van der Waals surface area contributed by atoms with Crippen molar-refractivity contribution in [1.82, 2.24) is 14.3 Å². The number of halogens is 1. The highest BCUT2D eigenvalue weighted by Crippen LogP contribution is 2.23. The summed E-state index contributed by atoms with van der Waals surface area (Å²) in [6.07, 6.45) is 3.12. The topological polar surface area (TPSA) is 66.4 Å². The molecule has 1 fully saturated rings. The molecule has 0 amide bonds. The van der Waals surface area contributed by atoms with Crippen molar-refractivity contribution in [3.63, 3.8) is 0 Å². The van der Waals surface area contributed by atoms with E-state index in [4.69, 9.17) is 11.6 Å². The molecular formula is C16H19ClN4O2S. The zero-order chi connectivity index (χ0) is 17.3. The lowest BCUT2D eigenvalue weighted by Crippen LogP contribution is -2.49. The monoisotopic (exact) mass is 366 g/mol. The number of hydrogen-bond donors (Lipinski definition) is 0. The quantitative estimate of drug-likeness (QED) is 0.833. The Morgan fingerprint density at radius 3 is 2.46 bits per heavy atom. The van der Waals surface area contributed by atoms with Gasteiger partial charge in [0, 0.05) is 26.2 Å². The first-order valence-electron chi connectivity index (χ1n) is 7.68. The van der Waals surface area contributed by atoms with Crippen molar-refractivity contribution < 1.29 is 8.42 Å². The maximum atomic E-state index is 12.9. The van der Waals surface area contributed by atoms with Crippen LogP contribution in [0.4, 0.5) is 5.82 Å². The largest absolute Gasteiger partial charge is 0.353 e. The summed E-state index contributed by atoms with van der Waals surface area (Å²) in [6, 6.07) is 5.50. The number of anilines is 1. The Bertz CT molecular complexity index is 849. The fourth-order valence-corrected chi connectivity index (χ4v) is 4.64. The Hall–Kier alpha value is -1.70. The highest BCUT2D eigenvalue weighted by Gasteiger charge is 2.30. The van der Waals surface area contributed by atoms with Crippen LogP contribution in [0.15, 0.2) is 35.5 Å². The van der Waals surface area contributed by atoms with Crippen molar-refractivity contribution in [2.75, 3.05) is 31.1 Å². The molecule has 0 unspecified atom stereocenters. The molecule has 0 aliphatic carbocycles. The maximum Gasteiger partial charge on any atom is 0.243 e. The van der Waals surface area contributed by atoms with Gasteiger partial charge in [-0.25, -0.2) is 13.4 Å². The summed E-state index contributed by atoms with van der Waals surface area (Å²) in [5.41, 5.74) is 1.70. The summed E-state index contributed by atoms with van der Waals surface area (Å²) in [4.78, 5) is 10.6. The predicted octanol–water partition coefficient (Wildman–Crippen LogP) is 2.26. The van der Waals surface area contributed by atoms with E-state index in [0.717, 1.165) is 11.1 Å². The SMILES string of the molecule is Cc1ccc(C)c(S(=O)(=O)N2CCN(c3cncc(Cl)n3)CC2)c1. The average Bonchev–Trinajstić information content (AvgIpc) is 2.57. The second-order valence-corrected chi connectivity index (χ2v) is 8.15. The summed E-state index contributed by atoms with van der Waals surface area (Å²) in [5.74, 6) is 0.672. The van der Waals surface area contributed by atoms with E-state index in [1.54, 1.807) is 12.3 Å². The van der Waals surface area contributed by atoms with Crippen molar-refractivity contribution in [1.29, 1.82) is 0 Å². The number of nitrogens with zero attached hydrogens (tertiary/aromatic N) is 4. The Kier molecular flexibility index (Phi) is 4.76. The van der Waals surface area contributed by atoms with Gasteiger partial charge in [0.1, 0.15) is 11.0 Å². The van der Waals surface area contributed by atoms with E-state index in [2.05, 4.69) is 9.97 Å². The first-order chi connectivity index (χ1) is 11.4. The lowest BCUT2D eigenvalue weighted by atomic mass is 10.2. The van der Waals surface area contributed by atoms with Crippen molar-refractivity contribution in [2.45, 2.75) is 18.7 Å². The second kappa shape index (κ2) is 6.66. The lowest BCUT2D eigenvalue weighted by molar-refractivity contribution is 0.383. The number of rotatable bonds is 3. The Morgan fingerprint density at radius 1 is 1.08 bits per heavy atom. The van der Waals surface area contributed by atoms with Gasteiger partial charge in [0.05, 0.1) is 17.3 Å². The molecule has 0 saturated carbocycles. The van der Waals surface area contributed by atoms with Gasteiger partial charge in [0.25, 0.3) is 0 Å². The van der Waals surface area contributed by atoms with E-state index < -0.39 is 10.0 Å². The van der Waals surface area contributed by atoms with Crippen molar-refractivity contribution >= 4 is 27.4 Å². The molecule has 0 spiro atoms. The van der Waals surface area contributed by atoms with Gasteiger partial charge in [-0.1, -0.05) is 23.7 Å². The Balaban J connectivity index is 1.77. The van der Waals surface area contributed by atoms with Gasteiger partial charge < -0.3 is 4.90 Å². The van der Waals surface area contributed by atoms with Gasteiger partial charge in [-0.3, -0.25) is 4.98 Å². The smallest absolute Gasteiger partial charge is 0.243 e. The molecule has 3 rings (SSSR count). The van der Waals surface area contributed by atoms with E-state index in [9.17, 15) is 8.42 Å². The lowest BCUT2D eigenvalue weighted by Gasteiger charge is -2.34. The molecule has 128 valence electrons. The van der Waals surface area contributed by atoms with E-state index >= 15 is 0 Å². The minimum Gasteiger partial charge on any atom is -0.353 e. The summed E-state index contributed by atoms with van der Waals surface area (Å²) in [7, 11) is -3.48. The normalized spacial score (nSPS) is 16.4. The summed E-state index contributed by atoms with van der Waals surface area (Å²) < 4.78 is 27.4. The standard InChI is InChI=1S/C16H19ClN4O2S/c1-12-3-4-13(2)14(9-12)24(22,23)21-7-5-20(6-8-21)16-11-18-10-15(17)19-16/h3-4,9-11H,5-8H2,1-2H3. The van der Waals surface area contributed by atoms with Crippen molar-refractivity contribution in [3.8, 4) is 0 Å². The molecule has 1 aromatic heterocycles. The average molecular weight is 367 g/mol. The van der Waals surface area contributed by atoms with Crippen LogP contribution in [-0.4, -0.2) is 48.9 Å². The zero-order valence-electron chi connectivity index (χ0n) is 13.6. The Labute approximate surface area is 147 Å². The van der Waals surface area contributed by atoms with Gasteiger partial charge in [-0.05, 0) is 31.0 Å². The van der Waals surface area contributed by atoms with Gasteiger partial charge in [0.2, 0.25) is 10.0 Å². The first kappa shape index (κ1) is 17.1. The second-order valence-electron chi connectivity index (χ2n) is 5.86. The van der Waals surface area contributed by atoms with E-state index in [0.29, 0.717) is 42.0 Å². The molecule has 1 saturated heterocycles. The van der Waals surface area contributed by atoms with Crippen LogP contribution in [0.2, 0.25) is 5.15 Å². The van der Waals surface area contributed by atoms with Gasteiger partial charge >= 0.3 is 0 Å². The molecule has 0 atom stereocenters. The molecular weight excluding hydrogens is 348 g/mol. The highest BCUT2D eigenvalue weighted by atomic mass is 35.5. The van der Waals surface area contributed by atoms with Crippen LogP contribution >= 0.6 is 11.6 Å². The summed E-state index contributed by atoms with van der Waals surface area (Å²) in [6.45, 7) is 5.64. The third-order valence-electron chi connectivity index (χ3n) is 4.12. The third-order valence-corrected chi connectivity index (χ3v) is 6.34. The van der Waals surface area contributed by atoms with E-state index in [1.165, 1.54) is 10.5 Å². The fraction of sp³-hybridized carbons (Fsp3) is 0.375. The molecule has 0 bridgehead atoms. The number of aryl methyl sites for hydroxylation is 2. The minimum absolute atomic E-state index is 0.331. The van der Waals surface area contributed by atoms with Crippen LogP contribution in [0, 0.1) is 13.8 Å². The maximum absolute atomic E-state index is 12.9. The van der Waals surface area contributed by atoms with Crippen LogP contribution < -0.4 is 4.90 Å². The van der Waals surface area contributed by atoms with Crippen LogP contribution in [0.25, 0.3) is 0 Å². The number of benzene rings is 1. The predicted molar refractivity (Wildman–Crippen MR) is 93.9 cm³/mol. The molecule has 6 nitrogen and oxygen atoms in total. The number of sulfonamides is 1. The molecule has 1 aromatic carbocycles. The molecule has 0 radical (unpaired) electrons. The molecule has 1 aliphatic rings. The van der Waals surface area contributed by atoms with E-state index in [-0.39, 0.29) is 0 Å². The van der Waals surface area contributed by atoms with Crippen LogP contribution in [0.3, 0.4) is 0 Å². The fourth-order valence-electron chi connectivity index (χ4n) is 2.77. The third kappa shape index (κ3) is 3.38. The van der Waals surface area contributed by atoms with E-state index in [1.807, 2.05) is 30.9 Å². The minimum atomic E-state index is -3.48. The first-order valence-corrected chi connectivity index (χ1v) is 9.49. The Morgan fingerprint density at radius 2 is 1.79 bits per heavy atom. The van der Waals surface area contributed by atoms with Gasteiger partial charge in [0.15, 0.2) is 0 Å². The molecule has 8 heteroatoms. The molecule has 0 N–H and O–H groups in total. The molecule has 24 heavy (non-hydrogen) atoms. The van der Waals surface area contributed by atoms with Crippen molar-refractivity contribution in [3.05, 3.63) is 46.9 Å². The number of aromatic nitrogens is 2. The van der Waals surface area contributed by atoms with Gasteiger partial charge in [-0.15, -0.1) is 0 Å². The van der Waals surface area contributed by atoms with Crippen molar-refractivity contribution in [2.24, 2.45) is 0 Å². The molecule has 2 aromatic rings. The summed E-state index contributed by atoms with van der Waals surface area (Å²) >= 11 is 5.87.